The number of carbonyl (C=O) groups excluding carboxylic acids is 2. The average Bonchev–Trinajstić information content (AvgIpc) is 3.23. The lowest BCUT2D eigenvalue weighted by Crippen LogP contribution is -2.25. The highest BCUT2D eigenvalue weighted by Gasteiger charge is 2.27. The lowest BCUT2D eigenvalue weighted by molar-refractivity contribution is 0.0527. The third-order valence-corrected chi connectivity index (χ3v) is 6.50. The molecular weight excluding hydrogens is 476 g/mol. The van der Waals surface area contributed by atoms with Crippen molar-refractivity contribution in [3.8, 4) is 5.69 Å². The predicted octanol–water partition coefficient (Wildman–Crippen LogP) is 4.02. The number of nitrogens with zero attached hydrogens (tertiary/aromatic N) is 2. The Morgan fingerprint density at radius 1 is 1.03 bits per heavy atom. The smallest absolute Gasteiger partial charge is 0.348 e. The van der Waals surface area contributed by atoms with E-state index < -0.39 is 11.9 Å². The molecule has 3 rings (SSSR count). The number of hydrogen-bond acceptors (Lipinski definition) is 7. The van der Waals surface area contributed by atoms with Crippen molar-refractivity contribution in [1.82, 2.24) is 9.36 Å². The first-order chi connectivity index (χ1) is 16.2. The summed E-state index contributed by atoms with van der Waals surface area (Å²) in [6.07, 6.45) is 0. The van der Waals surface area contributed by atoms with E-state index in [1.54, 1.807) is 39.4 Å². The van der Waals surface area contributed by atoms with Gasteiger partial charge in [-0.3, -0.25) is 9.48 Å². The number of thiocarbonyl (C=S) groups is 1. The van der Waals surface area contributed by atoms with Gasteiger partial charge in [0.05, 0.1) is 30.2 Å². The molecule has 0 aliphatic rings. The zero-order valence-electron chi connectivity index (χ0n) is 19.6. The Kier molecular flexibility index (Phi) is 7.90. The van der Waals surface area contributed by atoms with Crippen molar-refractivity contribution >= 4 is 51.3 Å². The van der Waals surface area contributed by atoms with Crippen LogP contribution < -0.4 is 16.2 Å². The van der Waals surface area contributed by atoms with Crippen molar-refractivity contribution in [1.29, 1.82) is 0 Å². The number of aromatic nitrogens is 2. The molecule has 0 saturated carbocycles. The quantitative estimate of drug-likeness (QED) is 0.369. The summed E-state index contributed by atoms with van der Waals surface area (Å²) in [7, 11) is 1.78. The second-order valence-electron chi connectivity index (χ2n) is 7.22. The Morgan fingerprint density at radius 3 is 2.26 bits per heavy atom. The van der Waals surface area contributed by atoms with Crippen molar-refractivity contribution in [2.24, 2.45) is 7.05 Å². The Bertz CT molecular complexity index is 1290. The third-order valence-electron chi connectivity index (χ3n) is 5.11. The van der Waals surface area contributed by atoms with E-state index >= 15 is 0 Å². The van der Waals surface area contributed by atoms with Crippen molar-refractivity contribution in [2.45, 2.75) is 27.7 Å². The number of hydrogen-bond donors (Lipinski definition) is 2. The molecule has 0 atom stereocenters. The van der Waals surface area contributed by atoms with Crippen molar-refractivity contribution in [3.63, 3.8) is 0 Å². The molecule has 0 radical (unpaired) electrons. The molecule has 9 nitrogen and oxygen atoms in total. The van der Waals surface area contributed by atoms with Gasteiger partial charge in [0, 0.05) is 7.05 Å². The molecule has 0 unspecified atom stereocenters. The SMILES string of the molecule is CCOC(=O)c1sc(NC(=S)Nc2c(C)n(C)n(-c3ccccc3)c2=O)c(C(=O)OCC)c1C. The first-order valence-electron chi connectivity index (χ1n) is 10.6. The summed E-state index contributed by atoms with van der Waals surface area (Å²) in [5, 5.41) is 6.31. The normalized spacial score (nSPS) is 10.6. The first-order valence-corrected chi connectivity index (χ1v) is 11.8. The number of benzene rings is 1. The molecule has 3 aromatic rings. The van der Waals surface area contributed by atoms with Gasteiger partial charge in [-0.25, -0.2) is 14.3 Å². The van der Waals surface area contributed by atoms with Crippen LogP contribution in [0, 0.1) is 13.8 Å². The number of thiophene rings is 1. The standard InChI is InChI=1S/C23H26N4O5S2/c1-6-31-21(29)16-13(3)18(22(30)32-7-2)34-19(16)25-23(33)24-17-14(4)26(5)27(20(17)28)15-11-9-8-10-12-15/h8-12H,6-7H2,1-5H3,(H2,24,25,33). The van der Waals surface area contributed by atoms with Crippen LogP contribution in [0.25, 0.3) is 5.69 Å². The van der Waals surface area contributed by atoms with E-state index in [9.17, 15) is 14.4 Å². The van der Waals surface area contributed by atoms with Gasteiger partial charge in [-0.1, -0.05) is 18.2 Å². The highest BCUT2D eigenvalue weighted by Crippen LogP contribution is 2.34. The zero-order valence-corrected chi connectivity index (χ0v) is 21.2. The molecule has 2 heterocycles. The summed E-state index contributed by atoms with van der Waals surface area (Å²) in [5.41, 5.74) is 2.02. The topological polar surface area (TPSA) is 104 Å². The minimum atomic E-state index is -0.584. The van der Waals surface area contributed by atoms with Gasteiger partial charge in [-0.05, 0) is 57.6 Å². The fourth-order valence-corrected chi connectivity index (χ4v) is 4.76. The number of rotatable bonds is 7. The van der Waals surface area contributed by atoms with Crippen LogP contribution in [0.1, 0.15) is 45.1 Å². The molecule has 34 heavy (non-hydrogen) atoms. The highest BCUT2D eigenvalue weighted by molar-refractivity contribution is 7.80. The Labute approximate surface area is 206 Å². The van der Waals surface area contributed by atoms with Crippen LogP contribution in [-0.4, -0.2) is 39.6 Å². The van der Waals surface area contributed by atoms with E-state index in [0.29, 0.717) is 27.6 Å². The third kappa shape index (κ3) is 4.90. The Balaban J connectivity index is 1.94. The number of esters is 2. The number of para-hydroxylation sites is 1. The number of ether oxygens (including phenoxy) is 2. The molecule has 0 spiro atoms. The molecule has 180 valence electrons. The number of carbonyl (C=O) groups is 2. The van der Waals surface area contributed by atoms with E-state index in [4.69, 9.17) is 21.7 Å². The van der Waals surface area contributed by atoms with Gasteiger partial charge in [0.2, 0.25) is 0 Å². The van der Waals surface area contributed by atoms with E-state index in [1.807, 2.05) is 30.3 Å². The first kappa shape index (κ1) is 25.2. The summed E-state index contributed by atoms with van der Waals surface area (Å²) in [6.45, 7) is 7.22. The number of nitrogens with one attached hydrogen (secondary N) is 2. The van der Waals surface area contributed by atoms with Gasteiger partial charge in [-0.15, -0.1) is 11.3 Å². The van der Waals surface area contributed by atoms with Crippen molar-refractivity contribution in [2.75, 3.05) is 23.8 Å². The molecule has 0 bridgehead atoms. The van der Waals surface area contributed by atoms with E-state index in [-0.39, 0.29) is 34.3 Å². The van der Waals surface area contributed by atoms with Crippen LogP contribution in [0.5, 0.6) is 0 Å². The fourth-order valence-electron chi connectivity index (χ4n) is 3.40. The molecule has 0 amide bonds. The lowest BCUT2D eigenvalue weighted by atomic mass is 10.1. The van der Waals surface area contributed by atoms with Crippen molar-refractivity contribution in [3.05, 3.63) is 62.4 Å². The van der Waals surface area contributed by atoms with E-state index in [2.05, 4.69) is 10.6 Å². The van der Waals surface area contributed by atoms with Crippen LogP contribution in [0.3, 0.4) is 0 Å². The van der Waals surface area contributed by atoms with Crippen LogP contribution in [0.15, 0.2) is 35.1 Å². The van der Waals surface area contributed by atoms with Crippen LogP contribution in [0.2, 0.25) is 0 Å². The Morgan fingerprint density at radius 2 is 1.65 bits per heavy atom. The van der Waals surface area contributed by atoms with Crippen molar-refractivity contribution < 1.29 is 19.1 Å². The second-order valence-corrected chi connectivity index (χ2v) is 8.65. The maximum Gasteiger partial charge on any atom is 0.348 e. The minimum Gasteiger partial charge on any atom is -0.462 e. The fraction of sp³-hybridized carbons (Fsp3) is 0.304. The van der Waals surface area contributed by atoms with Gasteiger partial charge in [-0.2, -0.15) is 0 Å². The number of anilines is 2. The van der Waals surface area contributed by atoms with Gasteiger partial charge in [0.1, 0.15) is 15.6 Å². The largest absolute Gasteiger partial charge is 0.462 e. The van der Waals surface area contributed by atoms with E-state index in [0.717, 1.165) is 11.3 Å². The van der Waals surface area contributed by atoms with Gasteiger partial charge < -0.3 is 20.1 Å². The summed E-state index contributed by atoms with van der Waals surface area (Å²) in [5.74, 6) is -1.12. The van der Waals surface area contributed by atoms with Crippen LogP contribution in [-0.2, 0) is 16.5 Å². The average molecular weight is 503 g/mol. The molecule has 11 heteroatoms. The molecule has 0 saturated heterocycles. The maximum absolute atomic E-state index is 13.1. The molecule has 2 aromatic heterocycles. The summed E-state index contributed by atoms with van der Waals surface area (Å²) in [6, 6.07) is 9.23. The van der Waals surface area contributed by atoms with E-state index in [1.165, 1.54) is 4.68 Å². The summed E-state index contributed by atoms with van der Waals surface area (Å²) >= 11 is 6.48. The van der Waals surface area contributed by atoms with Crippen LogP contribution >= 0.6 is 23.6 Å². The second kappa shape index (κ2) is 10.7. The zero-order chi connectivity index (χ0) is 25.0. The molecule has 1 aromatic carbocycles. The maximum atomic E-state index is 13.1. The predicted molar refractivity (Wildman–Crippen MR) is 137 cm³/mol. The Hall–Kier alpha value is -3.44. The minimum absolute atomic E-state index is 0.0909. The lowest BCUT2D eigenvalue weighted by Gasteiger charge is -2.10. The summed E-state index contributed by atoms with van der Waals surface area (Å²) < 4.78 is 13.5. The molecule has 0 aliphatic carbocycles. The van der Waals surface area contributed by atoms with Gasteiger partial charge in [0.25, 0.3) is 5.56 Å². The van der Waals surface area contributed by atoms with Crippen LogP contribution in [0.4, 0.5) is 10.7 Å². The molecule has 0 aliphatic heterocycles. The monoisotopic (exact) mass is 502 g/mol. The van der Waals surface area contributed by atoms with Gasteiger partial charge in [0.15, 0.2) is 5.11 Å². The highest BCUT2D eigenvalue weighted by atomic mass is 32.1. The molecular formula is C23H26N4O5S2. The summed E-state index contributed by atoms with van der Waals surface area (Å²) in [4.78, 5) is 38.4. The molecule has 2 N–H and O–H groups in total. The molecule has 0 fully saturated rings. The van der Waals surface area contributed by atoms with Gasteiger partial charge >= 0.3 is 11.9 Å².